The van der Waals surface area contributed by atoms with Crippen molar-refractivity contribution in [3.8, 4) is 0 Å². The van der Waals surface area contributed by atoms with Gasteiger partial charge in [-0.05, 0) is 19.1 Å². The van der Waals surface area contributed by atoms with E-state index in [1.807, 2.05) is 32.0 Å². The molecule has 0 atom stereocenters. The van der Waals surface area contributed by atoms with Crippen molar-refractivity contribution >= 4 is 11.6 Å². The van der Waals surface area contributed by atoms with Crippen LogP contribution < -0.4 is 10.6 Å². The topological polar surface area (TPSA) is 75.6 Å². The summed E-state index contributed by atoms with van der Waals surface area (Å²) in [5, 5.41) is 14.3. The third-order valence-electron chi connectivity index (χ3n) is 2.52. The van der Waals surface area contributed by atoms with Gasteiger partial charge in [0.05, 0.1) is 12.2 Å². The summed E-state index contributed by atoms with van der Waals surface area (Å²) in [6.07, 6.45) is 2.46. The first-order valence-corrected chi connectivity index (χ1v) is 6.44. The third kappa shape index (κ3) is 3.87. The van der Waals surface area contributed by atoms with Gasteiger partial charge in [-0.25, -0.2) is 9.97 Å². The quantitative estimate of drug-likeness (QED) is 0.824. The van der Waals surface area contributed by atoms with Gasteiger partial charge in [-0.3, -0.25) is 0 Å². The van der Waals surface area contributed by atoms with E-state index in [0.29, 0.717) is 6.54 Å². The van der Waals surface area contributed by atoms with Crippen molar-refractivity contribution in [1.82, 2.24) is 20.2 Å². The Hall–Kier alpha value is -2.24. The Balaban J connectivity index is 2.08. The van der Waals surface area contributed by atoms with Crippen LogP contribution in [0.1, 0.15) is 25.4 Å². The summed E-state index contributed by atoms with van der Waals surface area (Å²) < 4.78 is 0. The molecule has 0 aromatic carbocycles. The molecule has 2 rings (SSSR count). The Bertz CT molecular complexity index is 514. The monoisotopic (exact) mass is 258 g/mol. The van der Waals surface area contributed by atoms with Gasteiger partial charge in [-0.1, -0.05) is 6.92 Å². The minimum Gasteiger partial charge on any atom is -0.370 e. The van der Waals surface area contributed by atoms with Crippen molar-refractivity contribution in [2.24, 2.45) is 0 Å². The first-order chi connectivity index (χ1) is 9.31. The number of aryl methyl sites for hydroxylation is 1. The fourth-order valence-corrected chi connectivity index (χ4v) is 1.63. The minimum absolute atomic E-state index is 0.597. The van der Waals surface area contributed by atoms with Gasteiger partial charge < -0.3 is 10.6 Å². The highest BCUT2D eigenvalue weighted by molar-refractivity contribution is 5.47. The molecule has 0 saturated carbocycles. The van der Waals surface area contributed by atoms with Crippen LogP contribution in [0, 0.1) is 0 Å². The number of nitrogens with zero attached hydrogens (tertiary/aromatic N) is 4. The average molecular weight is 258 g/mol. The number of aromatic nitrogens is 4. The molecule has 0 amide bonds. The van der Waals surface area contributed by atoms with Gasteiger partial charge in [-0.15, -0.1) is 0 Å². The van der Waals surface area contributed by atoms with E-state index in [4.69, 9.17) is 0 Å². The van der Waals surface area contributed by atoms with Crippen molar-refractivity contribution in [2.75, 3.05) is 17.2 Å². The summed E-state index contributed by atoms with van der Waals surface area (Å²) in [6, 6.07) is 5.69. The van der Waals surface area contributed by atoms with Gasteiger partial charge in [0.1, 0.15) is 17.5 Å². The number of nitrogens with one attached hydrogen (secondary N) is 2. The SMILES string of the molecule is CCNc1cc(NCc2cccnn2)nc(CC)n1. The van der Waals surface area contributed by atoms with E-state index in [1.54, 1.807) is 6.20 Å². The lowest BCUT2D eigenvalue weighted by atomic mass is 10.3. The lowest BCUT2D eigenvalue weighted by Gasteiger charge is -2.09. The van der Waals surface area contributed by atoms with E-state index in [0.717, 1.165) is 36.1 Å². The van der Waals surface area contributed by atoms with Gasteiger partial charge in [0.25, 0.3) is 0 Å². The van der Waals surface area contributed by atoms with Crippen molar-refractivity contribution in [3.05, 3.63) is 35.9 Å². The largest absolute Gasteiger partial charge is 0.370 e. The molecular formula is C13H18N6. The van der Waals surface area contributed by atoms with Gasteiger partial charge in [0.2, 0.25) is 0 Å². The molecule has 0 spiro atoms. The lowest BCUT2D eigenvalue weighted by molar-refractivity contribution is 0.901. The Morgan fingerprint density at radius 2 is 1.89 bits per heavy atom. The van der Waals surface area contributed by atoms with E-state index in [9.17, 15) is 0 Å². The van der Waals surface area contributed by atoms with Crippen molar-refractivity contribution in [2.45, 2.75) is 26.8 Å². The van der Waals surface area contributed by atoms with Crippen molar-refractivity contribution < 1.29 is 0 Å². The van der Waals surface area contributed by atoms with Crippen molar-refractivity contribution in [1.29, 1.82) is 0 Å². The molecule has 0 aliphatic rings. The summed E-state index contributed by atoms with van der Waals surface area (Å²) in [5.41, 5.74) is 0.879. The molecule has 6 heteroatoms. The van der Waals surface area contributed by atoms with E-state index in [-0.39, 0.29) is 0 Å². The third-order valence-corrected chi connectivity index (χ3v) is 2.52. The predicted octanol–water partition coefficient (Wildman–Crippen LogP) is 1.87. The van der Waals surface area contributed by atoms with Gasteiger partial charge in [0.15, 0.2) is 0 Å². The average Bonchev–Trinajstić information content (AvgIpc) is 2.46. The molecule has 2 aromatic heterocycles. The van der Waals surface area contributed by atoms with Crippen LogP contribution in [0.4, 0.5) is 11.6 Å². The maximum atomic E-state index is 4.44. The molecule has 0 fully saturated rings. The zero-order valence-corrected chi connectivity index (χ0v) is 11.2. The summed E-state index contributed by atoms with van der Waals surface area (Å²) in [5.74, 6) is 2.46. The fraction of sp³-hybridized carbons (Fsp3) is 0.385. The van der Waals surface area contributed by atoms with Crippen LogP contribution in [0.3, 0.4) is 0 Å². The highest BCUT2D eigenvalue weighted by Gasteiger charge is 2.03. The molecule has 0 radical (unpaired) electrons. The molecule has 0 unspecified atom stereocenters. The van der Waals surface area contributed by atoms with Crippen LogP contribution in [0.15, 0.2) is 24.4 Å². The number of hydrogen-bond acceptors (Lipinski definition) is 6. The van der Waals surface area contributed by atoms with Crippen LogP contribution in [-0.4, -0.2) is 26.7 Å². The Labute approximate surface area is 112 Å². The second-order valence-corrected chi connectivity index (χ2v) is 4.01. The molecule has 2 heterocycles. The second-order valence-electron chi connectivity index (χ2n) is 4.01. The molecule has 2 aromatic rings. The van der Waals surface area contributed by atoms with Crippen LogP contribution >= 0.6 is 0 Å². The minimum atomic E-state index is 0.597. The first-order valence-electron chi connectivity index (χ1n) is 6.44. The molecule has 6 nitrogen and oxygen atoms in total. The molecule has 0 aliphatic carbocycles. The van der Waals surface area contributed by atoms with Crippen LogP contribution in [0.2, 0.25) is 0 Å². The standard InChI is InChI=1S/C13H18N6/c1-3-11-17-12(14-4-2)8-13(18-11)15-9-10-6-5-7-16-19-10/h5-8H,3-4,9H2,1-2H3,(H2,14,15,17,18). The van der Waals surface area contributed by atoms with Crippen LogP contribution in [-0.2, 0) is 13.0 Å². The highest BCUT2D eigenvalue weighted by atomic mass is 15.1. The predicted molar refractivity (Wildman–Crippen MR) is 74.9 cm³/mol. The number of hydrogen-bond donors (Lipinski definition) is 2. The molecule has 0 saturated heterocycles. The normalized spacial score (nSPS) is 10.2. The summed E-state index contributed by atoms with van der Waals surface area (Å²) in [4.78, 5) is 8.85. The summed E-state index contributed by atoms with van der Waals surface area (Å²) >= 11 is 0. The van der Waals surface area contributed by atoms with E-state index in [2.05, 4.69) is 30.8 Å². The summed E-state index contributed by atoms with van der Waals surface area (Å²) in [6.45, 7) is 5.52. The van der Waals surface area contributed by atoms with Gasteiger partial charge >= 0.3 is 0 Å². The Morgan fingerprint density at radius 3 is 2.53 bits per heavy atom. The zero-order chi connectivity index (χ0) is 13.5. The second kappa shape index (κ2) is 6.63. The van der Waals surface area contributed by atoms with E-state index >= 15 is 0 Å². The maximum Gasteiger partial charge on any atom is 0.132 e. The van der Waals surface area contributed by atoms with Gasteiger partial charge in [-0.2, -0.15) is 10.2 Å². The van der Waals surface area contributed by atoms with Crippen LogP contribution in [0.25, 0.3) is 0 Å². The maximum absolute atomic E-state index is 4.44. The lowest BCUT2D eigenvalue weighted by Crippen LogP contribution is -2.08. The van der Waals surface area contributed by atoms with E-state index < -0.39 is 0 Å². The summed E-state index contributed by atoms with van der Waals surface area (Å²) in [7, 11) is 0. The zero-order valence-electron chi connectivity index (χ0n) is 11.2. The smallest absolute Gasteiger partial charge is 0.132 e. The van der Waals surface area contributed by atoms with E-state index in [1.165, 1.54) is 0 Å². The van der Waals surface area contributed by atoms with Gasteiger partial charge in [0, 0.05) is 25.2 Å². The molecule has 2 N–H and O–H groups in total. The Morgan fingerprint density at radius 1 is 1.11 bits per heavy atom. The fourth-order valence-electron chi connectivity index (χ4n) is 1.63. The van der Waals surface area contributed by atoms with Crippen molar-refractivity contribution in [3.63, 3.8) is 0 Å². The Kier molecular flexibility index (Phi) is 4.60. The molecule has 0 bridgehead atoms. The highest BCUT2D eigenvalue weighted by Crippen LogP contribution is 2.12. The number of anilines is 2. The number of rotatable bonds is 6. The molecular weight excluding hydrogens is 240 g/mol. The molecule has 0 aliphatic heterocycles. The molecule has 19 heavy (non-hydrogen) atoms. The van der Waals surface area contributed by atoms with Crippen LogP contribution in [0.5, 0.6) is 0 Å². The molecule has 100 valence electrons. The first kappa shape index (κ1) is 13.2.